The predicted octanol–water partition coefficient (Wildman–Crippen LogP) is -7.62. The van der Waals surface area contributed by atoms with Gasteiger partial charge in [0.1, 0.15) is 0 Å². The van der Waals surface area contributed by atoms with E-state index in [1.54, 1.807) is 0 Å². The molecule has 0 heterocycles. The molecule has 0 nitrogen and oxygen atoms in total. The minimum Gasteiger partial charge on any atom is 0 e. The Morgan fingerprint density at radius 3 is 0.0952 bits per heavy atom. The van der Waals surface area contributed by atoms with E-state index < -0.39 is 0 Å². The molecule has 0 rings (SSSR count). The number of hydrogen-bond donors (Lipinski definition) is 0. The van der Waals surface area contributed by atoms with Crippen molar-refractivity contribution in [2.45, 2.75) is 0 Å². The van der Waals surface area contributed by atoms with Gasteiger partial charge in [-0.15, -0.1) is 0 Å². The maximum atomic E-state index is 0. The fourth-order valence-corrected chi connectivity index (χ4v) is 0. The Hall–Kier alpha value is 33.8. The molecule has 0 aliphatic heterocycles. The van der Waals surface area contributed by atoms with E-state index in [0.29, 0.717) is 0 Å². The fraction of sp³-hybridized carbons (Fsp3) is 0. The van der Waals surface area contributed by atoms with Gasteiger partial charge >= 0.3 is 0 Å². The first-order chi connectivity index (χ1) is 0. The van der Waals surface area contributed by atoms with Crippen LogP contribution in [0, 0.1) is 31.1 Å². The molecule has 0 unspecified atom stereocenters. The van der Waals surface area contributed by atoms with Gasteiger partial charge in [0.2, 0.25) is 0 Å². The number of rotatable bonds is 0. The van der Waals surface area contributed by atoms with Crippen LogP contribution >= 0.6 is 0 Å². The summed E-state index contributed by atoms with van der Waals surface area (Å²) in [5.41, 5.74) is 0. The molecule has 0 N–H and O–H groups in total. The molecule has 0 amide bonds. The Bertz CT molecular complexity index is 5.80. The van der Waals surface area contributed by atoms with Crippen LogP contribution in [0.15, 0.2) is 0 Å². The van der Waals surface area contributed by atoms with Crippen LogP contribution in [0.4, 0.5) is 0 Å². The summed E-state index contributed by atoms with van der Waals surface area (Å²) >= 11 is 0. The van der Waals surface area contributed by atoms with Crippen molar-refractivity contribution in [2.75, 3.05) is 0 Å². The monoisotopic (exact) mass is 1020 g/mol. The smallest absolute Gasteiger partial charge is 0 e. The summed E-state index contributed by atoms with van der Waals surface area (Å²) in [7, 11) is 0. The summed E-state index contributed by atoms with van der Waals surface area (Å²) < 4.78 is 0. The molecule has 0 aliphatic rings. The second kappa shape index (κ2) is 131. The standard InChI is InChI=1S/20K.U. The summed E-state index contributed by atoms with van der Waals surface area (Å²) in [5, 5.41) is 0. The van der Waals surface area contributed by atoms with Crippen LogP contribution in [0.25, 0.3) is 0 Å². The molecule has 0 saturated carbocycles. The molecule has 24 valence electrons. The topological polar surface area (TPSA) is 0 Å². The maximum absolute atomic E-state index is 0. The largest absolute Gasteiger partial charge is 0 e. The predicted molar refractivity (Wildman–Crippen MR) is 115 cm³/mol. The molecule has 0 bridgehead atoms. The van der Waals surface area contributed by atoms with Crippen molar-refractivity contribution in [2.24, 2.45) is 0 Å². The van der Waals surface area contributed by atoms with Crippen molar-refractivity contribution in [3.8, 4) is 0 Å². The minimum atomic E-state index is 0. The fourth-order valence-electron chi connectivity index (χ4n) is 0. The first-order valence-electron chi connectivity index (χ1n) is 0. The molecular weight excluding hydrogens is 1020 g/mol. The van der Waals surface area contributed by atoms with Crippen molar-refractivity contribution in [3.05, 3.63) is 0 Å². The van der Waals surface area contributed by atoms with Crippen LogP contribution in [-0.2, 0) is 0 Å². The Kier molecular flexibility index (Phi) is 868. The molecule has 21 heteroatoms. The third-order valence-electron chi connectivity index (χ3n) is 0. The molecular formula is K20U. The van der Waals surface area contributed by atoms with Crippen molar-refractivity contribution in [1.82, 2.24) is 0 Å². The minimum absolute atomic E-state index is 0. The van der Waals surface area contributed by atoms with Gasteiger partial charge in [0, 0.05) is 1060 Å². The van der Waals surface area contributed by atoms with Gasteiger partial charge in [0.15, 0.2) is 0 Å². The Morgan fingerprint density at radius 1 is 0.0952 bits per heavy atom. The van der Waals surface area contributed by atoms with Crippen LogP contribution in [0.5, 0.6) is 0 Å². The molecule has 0 spiro atoms. The first kappa shape index (κ1) is 139. The normalized spacial score (nSPS) is 0. The van der Waals surface area contributed by atoms with Gasteiger partial charge < -0.3 is 0 Å². The van der Waals surface area contributed by atoms with Gasteiger partial charge in [0.25, 0.3) is 0 Å². The van der Waals surface area contributed by atoms with Crippen molar-refractivity contribution >= 4 is 1030 Å². The average molecular weight is 1020 g/mol. The zero-order valence-corrected chi connectivity index (χ0v) is 87.1. The van der Waals surface area contributed by atoms with Crippen molar-refractivity contribution < 1.29 is 31.1 Å². The van der Waals surface area contributed by atoms with E-state index in [2.05, 4.69) is 0 Å². The summed E-state index contributed by atoms with van der Waals surface area (Å²) in [6, 6.07) is 0. The average Bonchev–Trinajstić information content (AvgIpc) is 0. The van der Waals surface area contributed by atoms with Crippen molar-refractivity contribution in [3.63, 3.8) is 0 Å². The van der Waals surface area contributed by atoms with Crippen molar-refractivity contribution in [1.29, 1.82) is 0 Å². The van der Waals surface area contributed by atoms with E-state index in [9.17, 15) is 0 Å². The van der Waals surface area contributed by atoms with Gasteiger partial charge in [-0.05, 0) is 0 Å². The van der Waals surface area contributed by atoms with Crippen LogP contribution < -0.4 is 0 Å². The molecule has 0 aliphatic carbocycles. The summed E-state index contributed by atoms with van der Waals surface area (Å²) in [6.07, 6.45) is 0. The Morgan fingerprint density at radius 2 is 0.0952 bits per heavy atom. The molecule has 0 saturated heterocycles. The van der Waals surface area contributed by atoms with Crippen LogP contribution in [0.3, 0.4) is 0 Å². The molecule has 0 aromatic carbocycles. The number of hydrogen-bond acceptors (Lipinski definition) is 0. The second-order valence-electron chi connectivity index (χ2n) is 0. The van der Waals surface area contributed by atoms with E-state index in [-0.39, 0.29) is 1060 Å². The van der Waals surface area contributed by atoms with Crippen LogP contribution in [0.2, 0.25) is 0 Å². The van der Waals surface area contributed by atoms with Crippen LogP contribution in [-0.4, -0.2) is 1030 Å². The molecule has 0 aromatic heterocycles. The summed E-state index contributed by atoms with van der Waals surface area (Å²) in [6.45, 7) is 0. The van der Waals surface area contributed by atoms with Crippen LogP contribution in [0.1, 0.15) is 0 Å². The second-order valence-corrected chi connectivity index (χ2v) is 0. The van der Waals surface area contributed by atoms with Gasteiger partial charge in [-0.25, -0.2) is 0 Å². The quantitative estimate of drug-likeness (QED) is 0.212. The molecule has 20 radical (unpaired) electrons. The molecule has 0 atom stereocenters. The first-order valence-corrected chi connectivity index (χ1v) is 0. The van der Waals surface area contributed by atoms with Gasteiger partial charge in [0.05, 0.1) is 0 Å². The zero-order valence-electron chi connectivity index (χ0n) is 20.5. The molecule has 21 heavy (non-hydrogen) atoms. The van der Waals surface area contributed by atoms with E-state index in [1.807, 2.05) is 0 Å². The maximum Gasteiger partial charge on any atom is 0 e. The van der Waals surface area contributed by atoms with Gasteiger partial charge in [-0.1, -0.05) is 0 Å². The van der Waals surface area contributed by atoms with E-state index in [4.69, 9.17) is 0 Å². The summed E-state index contributed by atoms with van der Waals surface area (Å²) in [4.78, 5) is 0. The Balaban J connectivity index is 0. The van der Waals surface area contributed by atoms with Gasteiger partial charge in [-0.2, -0.15) is 0 Å². The van der Waals surface area contributed by atoms with Gasteiger partial charge in [-0.3, -0.25) is 0 Å². The third kappa shape index (κ3) is 126. The van der Waals surface area contributed by atoms with E-state index in [1.165, 1.54) is 0 Å². The van der Waals surface area contributed by atoms with E-state index in [0.717, 1.165) is 0 Å². The molecule has 0 fully saturated rings. The zero-order chi connectivity index (χ0) is 0. The third-order valence-corrected chi connectivity index (χ3v) is 0. The SMILES string of the molecule is [K].[K].[K].[K].[K].[K].[K].[K].[K].[K].[K].[K].[K].[K].[K].[K].[K].[K].[K].[K].[U]. The summed E-state index contributed by atoms with van der Waals surface area (Å²) in [5.74, 6) is 0. The Labute approximate surface area is 1010 Å². The van der Waals surface area contributed by atoms with E-state index >= 15 is 0 Å². The molecule has 0 aromatic rings.